The van der Waals surface area contributed by atoms with Crippen molar-refractivity contribution in [3.8, 4) is 6.07 Å². The van der Waals surface area contributed by atoms with Gasteiger partial charge in [0.1, 0.15) is 6.07 Å². The van der Waals surface area contributed by atoms with Crippen LogP contribution in [0.1, 0.15) is 30.4 Å². The summed E-state index contributed by atoms with van der Waals surface area (Å²) in [7, 11) is -3.76. The second-order valence-corrected chi connectivity index (χ2v) is 10.7. The minimum absolute atomic E-state index is 0.0354. The predicted molar refractivity (Wildman–Crippen MR) is 130 cm³/mol. The number of nitrogens with one attached hydrogen (secondary N) is 1. The van der Waals surface area contributed by atoms with Crippen LogP contribution in [-0.4, -0.2) is 54.7 Å². The molecule has 3 aromatic rings. The molecule has 1 fully saturated rings. The Kier molecular flexibility index (Phi) is 5.98. The molecule has 2 aliphatic rings. The smallest absolute Gasteiger partial charge is 0.244 e. The summed E-state index contributed by atoms with van der Waals surface area (Å²) >= 11 is 0. The van der Waals surface area contributed by atoms with E-state index < -0.39 is 10.0 Å². The molecule has 5 rings (SSSR count). The van der Waals surface area contributed by atoms with Gasteiger partial charge in [-0.05, 0) is 43.0 Å². The fourth-order valence-electron chi connectivity index (χ4n) is 4.98. The van der Waals surface area contributed by atoms with E-state index in [1.807, 2.05) is 29.3 Å². The van der Waals surface area contributed by atoms with Crippen molar-refractivity contribution >= 4 is 32.4 Å². The van der Waals surface area contributed by atoms with Gasteiger partial charge in [-0.15, -0.1) is 0 Å². The molecule has 1 saturated heterocycles. The van der Waals surface area contributed by atoms with E-state index in [1.54, 1.807) is 12.1 Å². The largest absolute Gasteiger partial charge is 0.361 e. The van der Waals surface area contributed by atoms with Crippen molar-refractivity contribution in [1.82, 2.24) is 14.2 Å². The number of hydrogen-bond acceptors (Lipinski definition) is 4. The molecule has 7 nitrogen and oxygen atoms in total. The molecule has 0 radical (unpaired) electrons. The van der Waals surface area contributed by atoms with Gasteiger partial charge < -0.3 is 9.88 Å². The topological polar surface area (TPSA) is 97.3 Å². The molecule has 8 heteroatoms. The highest BCUT2D eigenvalue weighted by Gasteiger charge is 2.35. The number of nitriles is 1. The Morgan fingerprint density at radius 2 is 1.76 bits per heavy atom. The predicted octanol–water partition coefficient (Wildman–Crippen LogP) is 3.76. The number of rotatable bonds is 4. The number of hydrogen-bond donors (Lipinski definition) is 1. The van der Waals surface area contributed by atoms with Gasteiger partial charge in [0.05, 0.1) is 10.5 Å². The Bertz CT molecular complexity index is 1410. The number of piperidine rings is 1. The quantitative estimate of drug-likeness (QED) is 0.623. The second-order valence-electron chi connectivity index (χ2n) is 8.80. The van der Waals surface area contributed by atoms with Crippen LogP contribution in [0, 0.1) is 17.2 Å². The van der Waals surface area contributed by atoms with E-state index in [2.05, 4.69) is 23.2 Å². The molecule has 0 saturated carbocycles. The van der Waals surface area contributed by atoms with Gasteiger partial charge in [0.15, 0.2) is 0 Å². The number of sulfonamides is 1. The SMILES string of the molecule is N#Cc1ccccc1S(=O)(=O)N1CCC(C(=O)N2CC=C(c3c[nH]c4ccccc34)CC2)CC1. The fraction of sp³-hybridized carbons (Fsp3) is 0.308. The van der Waals surface area contributed by atoms with Gasteiger partial charge in [0.25, 0.3) is 0 Å². The van der Waals surface area contributed by atoms with E-state index in [1.165, 1.54) is 33.0 Å². The van der Waals surface area contributed by atoms with Crippen molar-refractivity contribution in [2.45, 2.75) is 24.2 Å². The second kappa shape index (κ2) is 9.09. The Morgan fingerprint density at radius 3 is 2.50 bits per heavy atom. The van der Waals surface area contributed by atoms with Gasteiger partial charge in [-0.2, -0.15) is 9.57 Å². The van der Waals surface area contributed by atoms with Crippen LogP contribution in [0.15, 0.2) is 65.7 Å². The van der Waals surface area contributed by atoms with E-state index in [4.69, 9.17) is 0 Å². The first-order valence-electron chi connectivity index (χ1n) is 11.5. The van der Waals surface area contributed by atoms with Crippen molar-refractivity contribution in [3.05, 3.63) is 71.9 Å². The first kappa shape index (κ1) is 22.4. The maximum atomic E-state index is 13.2. The lowest BCUT2D eigenvalue weighted by molar-refractivity contribution is -0.136. The normalized spacial score (nSPS) is 18.0. The van der Waals surface area contributed by atoms with Gasteiger partial charge in [0, 0.05) is 54.8 Å². The average Bonchev–Trinajstić information content (AvgIpc) is 3.32. The number of H-pyrrole nitrogens is 1. The highest BCUT2D eigenvalue weighted by molar-refractivity contribution is 7.89. The van der Waals surface area contributed by atoms with E-state index in [0.717, 1.165) is 11.9 Å². The summed E-state index contributed by atoms with van der Waals surface area (Å²) in [5.41, 5.74) is 3.69. The summed E-state index contributed by atoms with van der Waals surface area (Å²) in [6, 6.07) is 16.4. The Balaban J connectivity index is 1.22. The van der Waals surface area contributed by atoms with Gasteiger partial charge in [-0.25, -0.2) is 8.42 Å². The highest BCUT2D eigenvalue weighted by Crippen LogP contribution is 2.31. The first-order chi connectivity index (χ1) is 16.5. The molecule has 174 valence electrons. The van der Waals surface area contributed by atoms with Gasteiger partial charge in [-0.1, -0.05) is 36.4 Å². The number of aromatic nitrogens is 1. The lowest BCUT2D eigenvalue weighted by atomic mass is 9.94. The zero-order valence-electron chi connectivity index (χ0n) is 18.8. The lowest BCUT2D eigenvalue weighted by Crippen LogP contribution is -2.45. The van der Waals surface area contributed by atoms with E-state index in [9.17, 15) is 18.5 Å². The van der Waals surface area contributed by atoms with E-state index in [-0.39, 0.29) is 35.4 Å². The summed E-state index contributed by atoms with van der Waals surface area (Å²) in [5.74, 6) is -0.0793. The highest BCUT2D eigenvalue weighted by atomic mass is 32.2. The van der Waals surface area contributed by atoms with Gasteiger partial charge >= 0.3 is 0 Å². The number of nitrogens with zero attached hydrogens (tertiary/aromatic N) is 3. The molecule has 0 unspecified atom stereocenters. The van der Waals surface area contributed by atoms with Crippen LogP contribution >= 0.6 is 0 Å². The number of benzene rings is 2. The molecule has 2 aliphatic heterocycles. The van der Waals surface area contributed by atoms with Crippen LogP contribution in [0.5, 0.6) is 0 Å². The summed E-state index contributed by atoms with van der Waals surface area (Å²) in [6.45, 7) is 1.80. The van der Waals surface area contributed by atoms with Crippen LogP contribution in [0.25, 0.3) is 16.5 Å². The zero-order chi connectivity index (χ0) is 23.7. The van der Waals surface area contributed by atoms with Crippen LogP contribution in [0.3, 0.4) is 0 Å². The molecule has 0 spiro atoms. The van der Waals surface area contributed by atoms with Gasteiger partial charge in [0.2, 0.25) is 15.9 Å². The number of amides is 1. The zero-order valence-corrected chi connectivity index (χ0v) is 19.6. The summed E-state index contributed by atoms with van der Waals surface area (Å²) in [6.07, 6.45) is 5.94. The minimum atomic E-state index is -3.76. The monoisotopic (exact) mass is 474 g/mol. The van der Waals surface area contributed by atoms with Crippen molar-refractivity contribution in [2.75, 3.05) is 26.2 Å². The summed E-state index contributed by atoms with van der Waals surface area (Å²) in [4.78, 5) is 18.4. The number of para-hydroxylation sites is 1. The third kappa shape index (κ3) is 4.02. The molecule has 0 bridgehead atoms. The Morgan fingerprint density at radius 1 is 1.03 bits per heavy atom. The van der Waals surface area contributed by atoms with E-state index in [0.29, 0.717) is 25.9 Å². The molecule has 0 atom stereocenters. The molecule has 1 N–H and O–H groups in total. The number of carbonyl (C=O) groups is 1. The Hall–Kier alpha value is -3.41. The van der Waals surface area contributed by atoms with Gasteiger partial charge in [-0.3, -0.25) is 4.79 Å². The molecule has 1 amide bonds. The van der Waals surface area contributed by atoms with Crippen LogP contribution in [0.4, 0.5) is 0 Å². The molecular formula is C26H26N4O3S. The number of carbonyl (C=O) groups excluding carboxylic acids is 1. The van der Waals surface area contributed by atoms with Crippen LogP contribution in [0.2, 0.25) is 0 Å². The molecule has 2 aromatic carbocycles. The fourth-order valence-corrected chi connectivity index (χ4v) is 6.59. The van der Waals surface area contributed by atoms with Crippen molar-refractivity contribution in [1.29, 1.82) is 5.26 Å². The third-order valence-corrected chi connectivity index (χ3v) is 8.84. The summed E-state index contributed by atoms with van der Waals surface area (Å²) in [5, 5.41) is 10.5. The van der Waals surface area contributed by atoms with Crippen LogP contribution < -0.4 is 0 Å². The lowest BCUT2D eigenvalue weighted by Gasteiger charge is -2.35. The third-order valence-electron chi connectivity index (χ3n) is 6.88. The molecule has 3 heterocycles. The molecule has 1 aromatic heterocycles. The minimum Gasteiger partial charge on any atom is -0.361 e. The number of aromatic amines is 1. The standard InChI is InChI=1S/C26H26N4O3S/c27-17-21-5-1-4-8-25(21)34(32,33)30-15-11-20(12-16-30)26(31)29-13-9-19(10-14-29)23-18-28-24-7-3-2-6-22(23)24/h1-9,18,20,28H,10-16H2. The van der Waals surface area contributed by atoms with Crippen molar-refractivity contribution < 1.29 is 13.2 Å². The van der Waals surface area contributed by atoms with Crippen LogP contribution in [-0.2, 0) is 14.8 Å². The average molecular weight is 475 g/mol. The first-order valence-corrected chi connectivity index (χ1v) is 13.0. The van der Waals surface area contributed by atoms with Crippen molar-refractivity contribution in [3.63, 3.8) is 0 Å². The summed E-state index contributed by atoms with van der Waals surface area (Å²) < 4.78 is 27.5. The maximum Gasteiger partial charge on any atom is 0.244 e. The molecular weight excluding hydrogens is 448 g/mol. The molecule has 0 aliphatic carbocycles. The molecule has 34 heavy (non-hydrogen) atoms. The Labute approximate surface area is 199 Å². The maximum absolute atomic E-state index is 13.2. The number of fused-ring (bicyclic) bond motifs is 1. The van der Waals surface area contributed by atoms with E-state index >= 15 is 0 Å². The van der Waals surface area contributed by atoms with Crippen molar-refractivity contribution in [2.24, 2.45) is 5.92 Å².